The molecule has 9 nitrogen and oxygen atoms in total. The fourth-order valence-corrected chi connectivity index (χ4v) is 6.37. The van der Waals surface area contributed by atoms with Crippen LogP contribution in [-0.2, 0) is 16.6 Å². The first kappa shape index (κ1) is 28.2. The molecule has 0 unspecified atom stereocenters. The molecule has 0 bridgehead atoms. The maximum Gasteiger partial charge on any atom is 0.247 e. The number of fused-ring (bicyclic) bond motifs is 2. The van der Waals surface area contributed by atoms with Crippen LogP contribution in [-0.4, -0.2) is 94.0 Å². The highest BCUT2D eigenvalue weighted by Gasteiger charge is 2.38. The van der Waals surface area contributed by atoms with Crippen molar-refractivity contribution in [1.29, 1.82) is 0 Å². The first-order chi connectivity index (χ1) is 18.1. The van der Waals surface area contributed by atoms with Crippen molar-refractivity contribution in [1.82, 2.24) is 14.1 Å². The normalized spacial score (nSPS) is 21.2. The molecule has 206 valence electrons. The van der Waals surface area contributed by atoms with Crippen LogP contribution in [0.5, 0.6) is 17.2 Å². The Balaban J connectivity index is 1.63. The van der Waals surface area contributed by atoms with E-state index in [1.165, 1.54) is 4.31 Å². The maximum absolute atomic E-state index is 13.7. The van der Waals surface area contributed by atoms with Crippen LogP contribution in [0.15, 0.2) is 41.3 Å². The molecule has 0 aliphatic carbocycles. The Morgan fingerprint density at radius 1 is 1.11 bits per heavy atom. The maximum atomic E-state index is 13.7. The van der Waals surface area contributed by atoms with Crippen molar-refractivity contribution in [2.45, 2.75) is 37.4 Å². The monoisotopic (exact) mass is 543 g/mol. The van der Waals surface area contributed by atoms with Crippen LogP contribution in [0.25, 0.3) is 0 Å². The minimum Gasteiger partial charge on any atom is -0.487 e. The van der Waals surface area contributed by atoms with Gasteiger partial charge in [-0.25, -0.2) is 8.42 Å². The Morgan fingerprint density at radius 3 is 2.61 bits per heavy atom. The lowest BCUT2D eigenvalue weighted by atomic mass is 10.0. The van der Waals surface area contributed by atoms with Crippen molar-refractivity contribution in [3.05, 3.63) is 47.5 Å². The fraction of sp³-hybridized carbons (Fsp3) is 0.500. The summed E-state index contributed by atoms with van der Waals surface area (Å²) in [6.45, 7) is 5.69. The number of sulfonamides is 1. The zero-order chi connectivity index (χ0) is 27.4. The third-order valence-electron chi connectivity index (χ3n) is 6.68. The summed E-state index contributed by atoms with van der Waals surface area (Å²) in [6.07, 6.45) is -0.304. The van der Waals surface area contributed by atoms with Gasteiger partial charge < -0.3 is 19.3 Å². The molecule has 2 aromatic carbocycles. The first-order valence-corrected chi connectivity index (χ1v) is 14.2. The van der Waals surface area contributed by atoms with Crippen LogP contribution in [0.2, 0.25) is 0 Å². The van der Waals surface area contributed by atoms with Crippen molar-refractivity contribution in [3.63, 3.8) is 0 Å². The molecule has 2 aliphatic rings. The van der Waals surface area contributed by atoms with Crippen LogP contribution in [0.4, 0.5) is 0 Å². The summed E-state index contributed by atoms with van der Waals surface area (Å²) >= 11 is 0. The van der Waals surface area contributed by atoms with Gasteiger partial charge in [-0.05, 0) is 64.0 Å². The Kier molecular flexibility index (Phi) is 8.85. The van der Waals surface area contributed by atoms with E-state index < -0.39 is 16.1 Å². The Labute approximate surface area is 225 Å². The zero-order valence-corrected chi connectivity index (χ0v) is 23.5. The van der Waals surface area contributed by atoms with E-state index >= 15 is 0 Å². The van der Waals surface area contributed by atoms with E-state index in [0.29, 0.717) is 25.2 Å². The van der Waals surface area contributed by atoms with E-state index in [1.807, 2.05) is 51.2 Å². The van der Waals surface area contributed by atoms with Gasteiger partial charge in [0.2, 0.25) is 16.8 Å². The molecule has 2 heterocycles. The summed E-state index contributed by atoms with van der Waals surface area (Å²) in [5, 5.41) is 9.86. The Bertz CT molecular complexity index is 1300. The van der Waals surface area contributed by atoms with Crippen LogP contribution in [0, 0.1) is 17.8 Å². The molecule has 2 aromatic rings. The fourth-order valence-electron chi connectivity index (χ4n) is 4.54. The number of benzene rings is 2. The van der Waals surface area contributed by atoms with Crippen LogP contribution in [0.3, 0.4) is 0 Å². The number of rotatable bonds is 7. The molecule has 0 spiro atoms. The van der Waals surface area contributed by atoms with Gasteiger partial charge in [-0.2, -0.15) is 4.31 Å². The van der Waals surface area contributed by atoms with E-state index in [9.17, 15) is 13.5 Å². The third kappa shape index (κ3) is 6.42. The molecule has 1 N–H and O–H groups in total. The highest BCUT2D eigenvalue weighted by atomic mass is 32.2. The van der Waals surface area contributed by atoms with E-state index in [1.54, 1.807) is 25.1 Å². The Hall–Kier alpha value is -2.81. The number of aliphatic hydroxyl groups is 1. The van der Waals surface area contributed by atoms with Gasteiger partial charge in [0.25, 0.3) is 0 Å². The average molecular weight is 544 g/mol. The molecule has 0 saturated heterocycles. The lowest BCUT2D eigenvalue weighted by molar-refractivity contribution is 0.0733. The summed E-state index contributed by atoms with van der Waals surface area (Å²) in [5.41, 5.74) is 1.76. The van der Waals surface area contributed by atoms with Gasteiger partial charge in [0.05, 0.1) is 13.2 Å². The van der Waals surface area contributed by atoms with E-state index in [-0.39, 0.29) is 42.6 Å². The molecular weight excluding hydrogens is 506 g/mol. The number of aliphatic hydroxyl groups excluding tert-OH is 1. The van der Waals surface area contributed by atoms with Gasteiger partial charge in [-0.15, -0.1) is 0 Å². The largest absolute Gasteiger partial charge is 0.487 e. The van der Waals surface area contributed by atoms with Crippen molar-refractivity contribution < 1.29 is 27.7 Å². The second kappa shape index (κ2) is 11.9. The molecule has 10 heteroatoms. The second-order valence-electron chi connectivity index (χ2n) is 10.3. The number of hydrogen-bond acceptors (Lipinski definition) is 8. The van der Waals surface area contributed by atoms with Gasteiger partial charge in [0.1, 0.15) is 16.7 Å². The van der Waals surface area contributed by atoms with Crippen molar-refractivity contribution in [2.24, 2.45) is 5.92 Å². The molecular formula is C28H37N3O6S. The van der Waals surface area contributed by atoms with Crippen LogP contribution >= 0.6 is 0 Å². The minimum absolute atomic E-state index is 0.0892. The molecule has 4 rings (SSSR count). The van der Waals surface area contributed by atoms with Crippen molar-refractivity contribution in [2.75, 3.05) is 54.2 Å². The molecule has 2 aliphatic heterocycles. The Morgan fingerprint density at radius 2 is 1.87 bits per heavy atom. The number of likely N-dealkylation sites (N-methyl/N-ethyl adjacent to an activating group) is 1. The van der Waals surface area contributed by atoms with Gasteiger partial charge in [0, 0.05) is 37.2 Å². The van der Waals surface area contributed by atoms with Gasteiger partial charge in [0.15, 0.2) is 11.5 Å². The van der Waals surface area contributed by atoms with Gasteiger partial charge >= 0.3 is 0 Å². The smallest absolute Gasteiger partial charge is 0.247 e. The van der Waals surface area contributed by atoms with Crippen LogP contribution in [0.1, 0.15) is 25.0 Å². The molecule has 0 saturated carbocycles. The first-order valence-electron chi connectivity index (χ1n) is 12.7. The second-order valence-corrected chi connectivity index (χ2v) is 12.2. The summed E-state index contributed by atoms with van der Waals surface area (Å²) in [6, 6.07) is 10.3. The molecule has 3 atom stereocenters. The summed E-state index contributed by atoms with van der Waals surface area (Å²) in [7, 11) is 1.99. The number of nitrogens with zero attached hydrogens (tertiary/aromatic N) is 3. The summed E-state index contributed by atoms with van der Waals surface area (Å²) < 4.78 is 46.1. The summed E-state index contributed by atoms with van der Waals surface area (Å²) in [4.78, 5) is 4.20. The predicted molar refractivity (Wildman–Crippen MR) is 145 cm³/mol. The van der Waals surface area contributed by atoms with Gasteiger partial charge in [-0.3, -0.25) is 9.80 Å². The van der Waals surface area contributed by atoms with Crippen molar-refractivity contribution in [3.8, 4) is 29.1 Å². The average Bonchev–Trinajstić information content (AvgIpc) is 3.33. The minimum atomic E-state index is -3.89. The third-order valence-corrected chi connectivity index (χ3v) is 8.70. The van der Waals surface area contributed by atoms with Crippen molar-refractivity contribution >= 4 is 10.0 Å². The number of hydrogen-bond donors (Lipinski definition) is 1. The summed E-state index contributed by atoms with van der Waals surface area (Å²) in [5.74, 6) is 7.81. The molecule has 38 heavy (non-hydrogen) atoms. The van der Waals surface area contributed by atoms with Gasteiger partial charge in [-0.1, -0.05) is 24.8 Å². The SMILES string of the molecule is C[C@@H]1CN([C@@H](C)CO)S(=O)(=O)c2ccc(C#CCN(C)C)cc2O[C@@H]1CN(C)Cc1ccc2c(c1)OCO2. The molecule has 0 radical (unpaired) electrons. The quantitative estimate of drug-likeness (QED) is 0.532. The van der Waals surface area contributed by atoms with E-state index in [4.69, 9.17) is 14.2 Å². The zero-order valence-electron chi connectivity index (χ0n) is 22.7. The molecule has 0 aromatic heterocycles. The number of ether oxygens (including phenoxy) is 3. The van der Waals surface area contributed by atoms with E-state index in [2.05, 4.69) is 16.7 Å². The predicted octanol–water partition coefficient (Wildman–Crippen LogP) is 2.23. The molecule has 0 fully saturated rings. The lowest BCUT2D eigenvalue weighted by Gasteiger charge is -2.37. The van der Waals surface area contributed by atoms with E-state index in [0.717, 1.165) is 17.1 Å². The standard InChI is InChI=1S/C28H37N3O6S/c1-20-15-31(21(2)18-32)38(33,34)28-11-9-22(7-6-12-29(3)4)13-26(28)37-27(20)17-30(5)16-23-8-10-24-25(14-23)36-19-35-24/h8-11,13-14,20-21,27,32H,12,15-19H2,1-5H3/t20-,21+,27-/m1/s1. The topological polar surface area (TPSA) is 91.8 Å². The highest BCUT2D eigenvalue weighted by Crippen LogP contribution is 2.35. The lowest BCUT2D eigenvalue weighted by Crippen LogP contribution is -2.49. The molecule has 0 amide bonds. The van der Waals surface area contributed by atoms with Crippen LogP contribution < -0.4 is 14.2 Å². The highest BCUT2D eigenvalue weighted by molar-refractivity contribution is 7.89.